The van der Waals surface area contributed by atoms with E-state index in [1.54, 1.807) is 6.07 Å². The lowest BCUT2D eigenvalue weighted by molar-refractivity contribution is 0.355. The van der Waals surface area contributed by atoms with Crippen LogP contribution in [-0.2, 0) is 12.1 Å². The molecule has 0 spiro atoms. The van der Waals surface area contributed by atoms with Crippen LogP contribution in [0.2, 0.25) is 0 Å². The van der Waals surface area contributed by atoms with Crippen LogP contribution in [0.1, 0.15) is 31.9 Å². The van der Waals surface area contributed by atoms with Gasteiger partial charge < -0.3 is 5.32 Å². The van der Waals surface area contributed by atoms with Gasteiger partial charge in [-0.3, -0.25) is 4.68 Å². The second-order valence-corrected chi connectivity index (χ2v) is 5.78. The highest BCUT2D eigenvalue weighted by molar-refractivity contribution is 5.50. The molecule has 3 nitrogen and oxygen atoms in total. The van der Waals surface area contributed by atoms with Gasteiger partial charge in [0.2, 0.25) is 0 Å². The number of hydrogen-bond donors (Lipinski definition) is 1. The monoisotopic (exact) mass is 261 g/mol. The van der Waals surface area contributed by atoms with Crippen LogP contribution in [-0.4, -0.2) is 9.78 Å². The molecule has 0 aliphatic heterocycles. The average molecular weight is 261 g/mol. The van der Waals surface area contributed by atoms with Gasteiger partial charge in [-0.2, -0.15) is 5.10 Å². The molecule has 0 bridgehead atoms. The van der Waals surface area contributed by atoms with Gasteiger partial charge in [0, 0.05) is 24.0 Å². The molecule has 2 rings (SSSR count). The number of aryl methyl sites for hydroxylation is 1. The van der Waals surface area contributed by atoms with E-state index in [4.69, 9.17) is 0 Å². The van der Waals surface area contributed by atoms with E-state index in [0.29, 0.717) is 6.54 Å². The van der Waals surface area contributed by atoms with Crippen molar-refractivity contribution in [3.63, 3.8) is 0 Å². The van der Waals surface area contributed by atoms with Crippen molar-refractivity contribution in [2.24, 2.45) is 0 Å². The first-order chi connectivity index (χ1) is 8.86. The molecule has 0 radical (unpaired) electrons. The first-order valence-electron chi connectivity index (χ1n) is 6.40. The second kappa shape index (κ2) is 5.03. The van der Waals surface area contributed by atoms with Gasteiger partial charge in [-0.25, -0.2) is 4.39 Å². The summed E-state index contributed by atoms with van der Waals surface area (Å²) in [6.45, 7) is 8.91. The predicted octanol–water partition coefficient (Wildman–Crippen LogP) is 3.70. The maximum atomic E-state index is 13.2. The Kier molecular flexibility index (Phi) is 3.60. The van der Waals surface area contributed by atoms with Crippen LogP contribution < -0.4 is 5.32 Å². The summed E-state index contributed by atoms with van der Waals surface area (Å²) in [6, 6.07) is 4.76. The topological polar surface area (TPSA) is 29.9 Å². The molecule has 0 aliphatic carbocycles. The summed E-state index contributed by atoms with van der Waals surface area (Å²) < 4.78 is 15.1. The molecule has 1 aromatic heterocycles. The fraction of sp³-hybridized carbons (Fsp3) is 0.400. The van der Waals surface area contributed by atoms with Crippen molar-refractivity contribution in [3.05, 3.63) is 47.5 Å². The van der Waals surface area contributed by atoms with Gasteiger partial charge in [0.15, 0.2) is 0 Å². The molecule has 4 heteroatoms. The summed E-state index contributed by atoms with van der Waals surface area (Å²) in [4.78, 5) is 0. The second-order valence-electron chi connectivity index (χ2n) is 5.78. The summed E-state index contributed by atoms with van der Waals surface area (Å²) >= 11 is 0. The largest absolute Gasteiger partial charge is 0.381 e. The van der Waals surface area contributed by atoms with Crippen molar-refractivity contribution in [1.82, 2.24) is 9.78 Å². The molecule has 1 heterocycles. The SMILES string of the molecule is Cc1ccc(F)cc1NCc1cnn(C(C)(C)C)c1. The Hall–Kier alpha value is -1.84. The summed E-state index contributed by atoms with van der Waals surface area (Å²) in [5.41, 5.74) is 2.92. The van der Waals surface area contributed by atoms with E-state index in [-0.39, 0.29) is 11.4 Å². The summed E-state index contributed by atoms with van der Waals surface area (Å²) in [7, 11) is 0. The van der Waals surface area contributed by atoms with Gasteiger partial charge in [0.05, 0.1) is 11.7 Å². The molecule has 0 saturated carbocycles. The third kappa shape index (κ3) is 3.34. The van der Waals surface area contributed by atoms with Crippen molar-refractivity contribution in [2.45, 2.75) is 39.8 Å². The van der Waals surface area contributed by atoms with Crippen LogP contribution in [0.3, 0.4) is 0 Å². The van der Waals surface area contributed by atoms with Gasteiger partial charge in [-0.15, -0.1) is 0 Å². The quantitative estimate of drug-likeness (QED) is 0.913. The molecule has 0 fully saturated rings. The van der Waals surface area contributed by atoms with Crippen molar-refractivity contribution in [2.75, 3.05) is 5.32 Å². The zero-order valence-electron chi connectivity index (χ0n) is 11.9. The highest BCUT2D eigenvalue weighted by Crippen LogP contribution is 2.18. The number of nitrogens with zero attached hydrogens (tertiary/aromatic N) is 2. The lowest BCUT2D eigenvalue weighted by atomic mass is 10.1. The number of anilines is 1. The molecule has 1 aromatic carbocycles. The number of aromatic nitrogens is 2. The van der Waals surface area contributed by atoms with Crippen molar-refractivity contribution >= 4 is 5.69 Å². The predicted molar refractivity (Wildman–Crippen MR) is 75.7 cm³/mol. The number of halogens is 1. The normalized spacial score (nSPS) is 11.6. The van der Waals surface area contributed by atoms with E-state index < -0.39 is 0 Å². The van der Waals surface area contributed by atoms with E-state index in [1.165, 1.54) is 12.1 Å². The molecule has 0 amide bonds. The zero-order valence-corrected chi connectivity index (χ0v) is 11.9. The number of hydrogen-bond acceptors (Lipinski definition) is 2. The number of nitrogens with one attached hydrogen (secondary N) is 1. The van der Waals surface area contributed by atoms with E-state index in [2.05, 4.69) is 31.2 Å². The molecule has 2 aromatic rings. The van der Waals surface area contributed by atoms with Gasteiger partial charge >= 0.3 is 0 Å². The van der Waals surface area contributed by atoms with Crippen molar-refractivity contribution in [1.29, 1.82) is 0 Å². The van der Waals surface area contributed by atoms with Crippen LogP contribution in [0.4, 0.5) is 10.1 Å². The molecule has 0 aliphatic rings. The summed E-state index contributed by atoms with van der Waals surface area (Å²) in [6.07, 6.45) is 3.86. The first-order valence-corrected chi connectivity index (χ1v) is 6.40. The maximum Gasteiger partial charge on any atom is 0.125 e. The Morgan fingerprint density at radius 1 is 1.32 bits per heavy atom. The molecule has 0 saturated heterocycles. The van der Waals surface area contributed by atoms with Gasteiger partial charge in [0.1, 0.15) is 5.82 Å². The molecule has 0 unspecified atom stereocenters. The van der Waals surface area contributed by atoms with E-state index in [0.717, 1.165) is 16.8 Å². The average Bonchev–Trinajstić information content (AvgIpc) is 2.79. The fourth-order valence-electron chi connectivity index (χ4n) is 1.80. The van der Waals surface area contributed by atoms with Gasteiger partial charge in [-0.05, 0) is 45.4 Å². The molecular formula is C15H20FN3. The van der Waals surface area contributed by atoms with Crippen LogP contribution in [0.5, 0.6) is 0 Å². The Labute approximate surface area is 113 Å². The summed E-state index contributed by atoms with van der Waals surface area (Å²) in [5.74, 6) is -0.224. The van der Waals surface area contributed by atoms with E-state index >= 15 is 0 Å². The zero-order chi connectivity index (χ0) is 14.0. The minimum atomic E-state index is -0.224. The molecule has 19 heavy (non-hydrogen) atoms. The van der Waals surface area contributed by atoms with Crippen LogP contribution in [0, 0.1) is 12.7 Å². The van der Waals surface area contributed by atoms with Crippen LogP contribution in [0.15, 0.2) is 30.6 Å². The van der Waals surface area contributed by atoms with Crippen LogP contribution in [0.25, 0.3) is 0 Å². The lowest BCUT2D eigenvalue weighted by Crippen LogP contribution is -2.21. The minimum Gasteiger partial charge on any atom is -0.381 e. The van der Waals surface area contributed by atoms with Crippen LogP contribution >= 0.6 is 0 Å². The molecule has 102 valence electrons. The Morgan fingerprint density at radius 3 is 2.68 bits per heavy atom. The Bertz CT molecular complexity index is 567. The Morgan fingerprint density at radius 2 is 2.05 bits per heavy atom. The molecular weight excluding hydrogens is 241 g/mol. The minimum absolute atomic E-state index is 0.0208. The van der Waals surface area contributed by atoms with Crippen molar-refractivity contribution in [3.8, 4) is 0 Å². The maximum absolute atomic E-state index is 13.2. The molecule has 1 N–H and O–H groups in total. The third-order valence-electron chi connectivity index (χ3n) is 3.01. The third-order valence-corrected chi connectivity index (χ3v) is 3.01. The van der Waals surface area contributed by atoms with Gasteiger partial charge in [0.25, 0.3) is 0 Å². The molecule has 0 atom stereocenters. The lowest BCUT2D eigenvalue weighted by Gasteiger charge is -2.18. The Balaban J connectivity index is 2.06. The number of rotatable bonds is 3. The fourth-order valence-corrected chi connectivity index (χ4v) is 1.80. The highest BCUT2D eigenvalue weighted by atomic mass is 19.1. The first kappa shape index (κ1) is 13.6. The summed E-state index contributed by atoms with van der Waals surface area (Å²) in [5, 5.41) is 7.58. The van der Waals surface area contributed by atoms with Gasteiger partial charge in [-0.1, -0.05) is 6.07 Å². The van der Waals surface area contributed by atoms with Crippen molar-refractivity contribution < 1.29 is 4.39 Å². The highest BCUT2D eigenvalue weighted by Gasteiger charge is 2.13. The standard InChI is InChI=1S/C15H20FN3/c1-11-5-6-13(16)7-14(11)17-8-12-9-18-19(10-12)15(2,3)4/h5-7,9-10,17H,8H2,1-4H3. The van der Waals surface area contributed by atoms with E-state index in [1.807, 2.05) is 24.0 Å². The smallest absolute Gasteiger partial charge is 0.125 e. The van der Waals surface area contributed by atoms with E-state index in [9.17, 15) is 4.39 Å². The number of benzene rings is 1.